The van der Waals surface area contributed by atoms with Gasteiger partial charge in [0, 0.05) is 0 Å². The van der Waals surface area contributed by atoms with Gasteiger partial charge in [-0.05, 0) is 6.92 Å². The fraction of sp³-hybridized carbons (Fsp3) is 0.667. The number of nitrogens with one attached hydrogen (secondary N) is 1. The maximum absolute atomic E-state index is 9.80. The van der Waals surface area contributed by atoms with Crippen LogP contribution in [0.25, 0.3) is 0 Å². The van der Waals surface area contributed by atoms with Crippen LogP contribution in [-0.4, -0.2) is 17.1 Å². The van der Waals surface area contributed by atoms with Crippen LogP contribution in [0, 0.1) is 0 Å². The van der Waals surface area contributed by atoms with Crippen molar-refractivity contribution in [1.29, 1.82) is 0 Å². The van der Waals surface area contributed by atoms with Crippen LogP contribution in [0.15, 0.2) is 0 Å². The molecule has 0 aliphatic rings. The number of rotatable bonds is 2. The second kappa shape index (κ2) is 2.87. The molecule has 0 heterocycles. The molecule has 1 atom stereocenters. The topological polar surface area (TPSA) is 49.3 Å². The molecule has 0 aromatic heterocycles. The van der Waals surface area contributed by atoms with Crippen LogP contribution in [0.3, 0.4) is 0 Å². The van der Waals surface area contributed by atoms with E-state index in [0.717, 1.165) is 0 Å². The van der Waals surface area contributed by atoms with E-state index in [0.29, 0.717) is 0 Å². The number of hydrogen-bond donors (Lipinski definition) is 2. The van der Waals surface area contributed by atoms with Gasteiger partial charge >= 0.3 is 5.97 Å². The Kier molecular flexibility index (Phi) is 2.78. The molecule has 4 heteroatoms. The lowest BCUT2D eigenvalue weighted by Crippen LogP contribution is -2.28. The summed E-state index contributed by atoms with van der Waals surface area (Å²) >= 11 is 4.22. The molecule has 0 amide bonds. The highest BCUT2D eigenvalue weighted by Crippen LogP contribution is 1.75. The van der Waals surface area contributed by atoms with Crippen LogP contribution in [0.1, 0.15) is 6.92 Å². The largest absolute Gasteiger partial charge is 0.705 e. The summed E-state index contributed by atoms with van der Waals surface area (Å²) in [5.41, 5.74) is 0. The predicted molar refractivity (Wildman–Crippen MR) is 27.6 cm³/mol. The van der Waals surface area contributed by atoms with Gasteiger partial charge in [0.2, 0.25) is 0 Å². The van der Waals surface area contributed by atoms with Crippen LogP contribution in [-0.2, 0) is 17.6 Å². The highest BCUT2D eigenvalue weighted by molar-refractivity contribution is 7.56. The SMILES string of the molecule is CC(N[S-])C(=O)O. The Labute approximate surface area is 47.3 Å². The first kappa shape index (κ1) is 6.78. The standard InChI is InChI=1S/C3H6NO2S/c1-2(4-7)3(5)6/h2,4H,1H3,(H,5,6)/q-1. The molecule has 0 aliphatic heterocycles. The van der Waals surface area contributed by atoms with Crippen molar-refractivity contribution < 1.29 is 9.90 Å². The summed E-state index contributed by atoms with van der Waals surface area (Å²) in [4.78, 5) is 9.80. The maximum Gasteiger partial charge on any atom is 0.318 e. The number of aliphatic carboxylic acids is 1. The summed E-state index contributed by atoms with van der Waals surface area (Å²) in [6.07, 6.45) is 0. The van der Waals surface area contributed by atoms with E-state index >= 15 is 0 Å². The van der Waals surface area contributed by atoms with E-state index in [-0.39, 0.29) is 0 Å². The molecule has 7 heavy (non-hydrogen) atoms. The molecule has 0 spiro atoms. The number of carboxylic acid groups (broad SMARTS) is 1. The highest BCUT2D eigenvalue weighted by Gasteiger charge is 2.00. The first-order valence-corrected chi connectivity index (χ1v) is 2.19. The van der Waals surface area contributed by atoms with Gasteiger partial charge in [0.25, 0.3) is 0 Å². The summed E-state index contributed by atoms with van der Waals surface area (Å²) in [5.74, 6) is -0.921. The van der Waals surface area contributed by atoms with E-state index in [1.807, 2.05) is 0 Å². The van der Waals surface area contributed by atoms with Crippen LogP contribution in [0.2, 0.25) is 0 Å². The molecule has 2 N–H and O–H groups in total. The fourth-order valence-corrected chi connectivity index (χ4v) is 0.151. The van der Waals surface area contributed by atoms with E-state index in [9.17, 15) is 4.79 Å². The minimum Gasteiger partial charge on any atom is -0.705 e. The van der Waals surface area contributed by atoms with Crippen molar-refractivity contribution in [3.63, 3.8) is 0 Å². The molecule has 0 saturated heterocycles. The quantitative estimate of drug-likeness (QED) is 0.483. The van der Waals surface area contributed by atoms with Gasteiger partial charge in [-0.15, -0.1) is 0 Å². The second-order valence-electron chi connectivity index (χ2n) is 1.18. The molecule has 0 saturated carbocycles. The Bertz CT molecular complexity index is 75.3. The zero-order chi connectivity index (χ0) is 5.86. The predicted octanol–water partition coefficient (Wildman–Crippen LogP) is -0.489. The Morgan fingerprint density at radius 3 is 2.43 bits per heavy atom. The highest BCUT2D eigenvalue weighted by atomic mass is 32.1. The molecule has 3 nitrogen and oxygen atoms in total. The summed E-state index contributed by atoms with van der Waals surface area (Å²) in [6, 6.07) is -0.616. The molecule has 0 fully saturated rings. The van der Waals surface area contributed by atoms with Crippen molar-refractivity contribution in [2.24, 2.45) is 0 Å². The van der Waals surface area contributed by atoms with Crippen molar-refractivity contribution in [3.05, 3.63) is 0 Å². The van der Waals surface area contributed by atoms with E-state index in [2.05, 4.69) is 17.5 Å². The Balaban J connectivity index is 3.34. The third kappa shape index (κ3) is 2.47. The van der Waals surface area contributed by atoms with Gasteiger partial charge in [-0.1, -0.05) is 0 Å². The van der Waals surface area contributed by atoms with E-state index in [1.54, 1.807) is 0 Å². The summed E-state index contributed by atoms with van der Waals surface area (Å²) in [6.45, 7) is 1.48. The Morgan fingerprint density at radius 1 is 2.00 bits per heavy atom. The summed E-state index contributed by atoms with van der Waals surface area (Å²) < 4.78 is 2.15. The maximum atomic E-state index is 9.80. The Morgan fingerprint density at radius 2 is 2.43 bits per heavy atom. The molecular weight excluding hydrogens is 114 g/mol. The molecule has 0 radical (unpaired) electrons. The van der Waals surface area contributed by atoms with Gasteiger partial charge in [-0.3, -0.25) is 4.79 Å². The van der Waals surface area contributed by atoms with Gasteiger partial charge in [-0.25, -0.2) is 0 Å². The zero-order valence-corrected chi connectivity index (χ0v) is 4.66. The van der Waals surface area contributed by atoms with E-state index < -0.39 is 12.0 Å². The molecular formula is C3H6NO2S-. The number of carbonyl (C=O) groups is 1. The van der Waals surface area contributed by atoms with Crippen molar-refractivity contribution >= 4 is 18.8 Å². The van der Waals surface area contributed by atoms with E-state index in [1.165, 1.54) is 6.92 Å². The minimum absolute atomic E-state index is 0.616. The van der Waals surface area contributed by atoms with Crippen molar-refractivity contribution in [1.82, 2.24) is 4.72 Å². The molecule has 0 aliphatic carbocycles. The third-order valence-electron chi connectivity index (χ3n) is 0.547. The van der Waals surface area contributed by atoms with Gasteiger partial charge in [0.1, 0.15) is 0 Å². The normalized spacial score (nSPS) is 13.4. The monoisotopic (exact) mass is 120 g/mol. The Hall–Kier alpha value is -0.220. The van der Waals surface area contributed by atoms with Crippen LogP contribution >= 0.6 is 0 Å². The second-order valence-corrected chi connectivity index (χ2v) is 1.41. The number of carboxylic acids is 1. The molecule has 0 aromatic carbocycles. The average molecular weight is 120 g/mol. The van der Waals surface area contributed by atoms with Crippen molar-refractivity contribution in [2.75, 3.05) is 0 Å². The van der Waals surface area contributed by atoms with Gasteiger partial charge in [0.15, 0.2) is 0 Å². The lowest BCUT2D eigenvalue weighted by atomic mass is 10.4. The smallest absolute Gasteiger partial charge is 0.318 e. The summed E-state index contributed by atoms with van der Waals surface area (Å²) in [5, 5.41) is 8.05. The first-order chi connectivity index (χ1) is 3.18. The zero-order valence-electron chi connectivity index (χ0n) is 3.84. The van der Waals surface area contributed by atoms with Crippen molar-refractivity contribution in [2.45, 2.75) is 13.0 Å². The fourth-order valence-electron chi connectivity index (χ4n) is 0.0504. The van der Waals surface area contributed by atoms with Gasteiger partial charge in [-0.2, -0.15) is 0 Å². The number of hydrogen-bond acceptors (Lipinski definition) is 3. The molecule has 0 bridgehead atoms. The van der Waals surface area contributed by atoms with Gasteiger partial charge < -0.3 is 22.6 Å². The van der Waals surface area contributed by atoms with Gasteiger partial charge in [0.05, 0.1) is 6.04 Å². The lowest BCUT2D eigenvalue weighted by Gasteiger charge is -2.11. The molecule has 0 aromatic rings. The average Bonchev–Trinajstić information content (AvgIpc) is 1.65. The molecule has 42 valence electrons. The van der Waals surface area contributed by atoms with Crippen LogP contribution in [0.5, 0.6) is 0 Å². The van der Waals surface area contributed by atoms with Crippen LogP contribution in [0.4, 0.5) is 0 Å². The minimum atomic E-state index is -0.921. The van der Waals surface area contributed by atoms with Crippen LogP contribution < -0.4 is 4.72 Å². The lowest BCUT2D eigenvalue weighted by molar-refractivity contribution is -0.138. The molecule has 1 unspecified atom stereocenters. The first-order valence-electron chi connectivity index (χ1n) is 1.79. The van der Waals surface area contributed by atoms with Crippen molar-refractivity contribution in [3.8, 4) is 0 Å². The molecule has 0 rings (SSSR count). The summed E-state index contributed by atoms with van der Waals surface area (Å²) in [7, 11) is 0. The third-order valence-corrected chi connectivity index (χ3v) is 0.901. The van der Waals surface area contributed by atoms with E-state index in [4.69, 9.17) is 5.11 Å².